The molecule has 1 aromatic heterocycles. The number of carbonyl (C=O) groups is 1. The first-order chi connectivity index (χ1) is 19.2. The molecule has 0 aliphatic carbocycles. The lowest BCUT2D eigenvalue weighted by Crippen LogP contribution is -2.40. The minimum Gasteiger partial charge on any atom is -0.496 e. The van der Waals surface area contributed by atoms with Crippen LogP contribution >= 0.6 is 11.3 Å². The number of anilines is 1. The molecule has 1 atom stereocenters. The molecule has 40 heavy (non-hydrogen) atoms. The molecule has 0 fully saturated rings. The molecule has 9 heteroatoms. The lowest BCUT2D eigenvalue weighted by molar-refractivity contribution is -0.143. The van der Waals surface area contributed by atoms with Gasteiger partial charge < -0.3 is 19.1 Å². The van der Waals surface area contributed by atoms with Crippen LogP contribution in [0.1, 0.15) is 58.7 Å². The van der Waals surface area contributed by atoms with Crippen LogP contribution in [0.5, 0.6) is 11.5 Å². The van der Waals surface area contributed by atoms with Crippen LogP contribution in [-0.2, 0) is 9.53 Å². The van der Waals surface area contributed by atoms with Crippen molar-refractivity contribution in [3.05, 3.63) is 84.5 Å². The minimum absolute atomic E-state index is 0.236. The first-order valence-electron chi connectivity index (χ1n) is 13.6. The number of nitrogens with zero attached hydrogens (tertiary/aromatic N) is 3. The van der Waals surface area contributed by atoms with Crippen molar-refractivity contribution in [2.75, 3.05) is 31.7 Å². The third-order valence-corrected chi connectivity index (χ3v) is 7.71. The Morgan fingerprint density at radius 1 is 1.12 bits per heavy atom. The summed E-state index contributed by atoms with van der Waals surface area (Å²) in [5.74, 6) is 0.902. The molecular weight excluding hydrogens is 526 g/mol. The van der Waals surface area contributed by atoms with E-state index in [-0.39, 0.29) is 11.7 Å². The Kier molecular flexibility index (Phi) is 9.14. The third kappa shape index (κ3) is 5.84. The number of methoxy groups -OCH3 is 1. The number of fused-ring (bicyclic) bond motifs is 1. The molecule has 0 amide bonds. The average Bonchev–Trinajstić information content (AvgIpc) is 3.23. The second kappa shape index (κ2) is 12.6. The zero-order chi connectivity index (χ0) is 29.0. The Balaban J connectivity index is 1.88. The highest BCUT2D eigenvalue weighted by molar-refractivity contribution is 7.07. The van der Waals surface area contributed by atoms with Crippen molar-refractivity contribution in [2.45, 2.75) is 53.7 Å². The van der Waals surface area contributed by atoms with Gasteiger partial charge in [0.15, 0.2) is 4.80 Å². The van der Waals surface area contributed by atoms with Gasteiger partial charge in [-0.25, -0.2) is 9.79 Å². The number of carbonyl (C=O) groups excluding carboxylic acids is 1. The van der Waals surface area contributed by atoms with E-state index in [1.807, 2.05) is 55.5 Å². The van der Waals surface area contributed by atoms with Gasteiger partial charge in [-0.2, -0.15) is 0 Å². The normalized spacial score (nSPS) is 15.1. The summed E-state index contributed by atoms with van der Waals surface area (Å²) in [6, 6.07) is 12.7. The largest absolute Gasteiger partial charge is 0.496 e. The summed E-state index contributed by atoms with van der Waals surface area (Å²) >= 11 is 1.29. The van der Waals surface area contributed by atoms with Crippen LogP contribution in [0.2, 0.25) is 0 Å². The van der Waals surface area contributed by atoms with Gasteiger partial charge in [-0.05, 0) is 77.4 Å². The van der Waals surface area contributed by atoms with E-state index in [0.29, 0.717) is 38.7 Å². The van der Waals surface area contributed by atoms with Gasteiger partial charge in [0.05, 0.1) is 41.7 Å². The van der Waals surface area contributed by atoms with Crippen LogP contribution in [0.25, 0.3) is 6.08 Å². The molecule has 1 aliphatic heterocycles. The number of benzene rings is 2. The van der Waals surface area contributed by atoms with E-state index in [1.54, 1.807) is 32.4 Å². The number of aromatic nitrogens is 1. The molecule has 0 spiro atoms. The van der Waals surface area contributed by atoms with Crippen molar-refractivity contribution >= 4 is 29.1 Å². The number of esters is 1. The van der Waals surface area contributed by atoms with Crippen LogP contribution < -0.4 is 29.3 Å². The van der Waals surface area contributed by atoms with Crippen molar-refractivity contribution in [1.29, 1.82) is 0 Å². The van der Waals surface area contributed by atoms with E-state index in [0.717, 1.165) is 29.9 Å². The summed E-state index contributed by atoms with van der Waals surface area (Å²) in [7, 11) is 1.63. The molecule has 2 heterocycles. The molecule has 0 radical (unpaired) electrons. The Morgan fingerprint density at radius 3 is 2.42 bits per heavy atom. The summed E-state index contributed by atoms with van der Waals surface area (Å²) in [5.41, 5.74) is 3.25. The molecule has 0 saturated carbocycles. The van der Waals surface area contributed by atoms with Crippen molar-refractivity contribution in [2.24, 2.45) is 4.99 Å². The lowest BCUT2D eigenvalue weighted by Gasteiger charge is -2.25. The van der Waals surface area contributed by atoms with Crippen molar-refractivity contribution in [1.82, 2.24) is 4.57 Å². The highest BCUT2D eigenvalue weighted by atomic mass is 32.1. The van der Waals surface area contributed by atoms with Gasteiger partial charge in [-0.3, -0.25) is 9.36 Å². The van der Waals surface area contributed by atoms with Gasteiger partial charge in [-0.1, -0.05) is 23.5 Å². The molecule has 8 nitrogen and oxygen atoms in total. The fraction of sp³-hybridized carbons (Fsp3) is 0.387. The summed E-state index contributed by atoms with van der Waals surface area (Å²) in [6.07, 6.45) is 1.51. The van der Waals surface area contributed by atoms with Gasteiger partial charge in [0, 0.05) is 30.4 Å². The summed E-state index contributed by atoms with van der Waals surface area (Å²) in [6.45, 7) is 13.8. The number of hydrogen-bond donors (Lipinski definition) is 0. The van der Waals surface area contributed by atoms with Crippen LogP contribution in [0.4, 0.5) is 5.69 Å². The molecule has 0 saturated heterocycles. The molecular formula is C31H37N3O5S. The highest BCUT2D eigenvalue weighted by Gasteiger charge is 2.33. The summed E-state index contributed by atoms with van der Waals surface area (Å²) < 4.78 is 19.0. The molecule has 0 bridgehead atoms. The van der Waals surface area contributed by atoms with E-state index < -0.39 is 12.0 Å². The SMILES string of the molecule is CCOc1ccc([C@H]2C(C(=O)OC(C)C)=C(C)N=c3s/c(=C/c4ccc(N(CC)CC)cc4OC)c(=O)n32)cc1. The molecule has 0 unspecified atom stereocenters. The lowest BCUT2D eigenvalue weighted by atomic mass is 9.96. The molecule has 3 aromatic rings. The van der Waals surface area contributed by atoms with Crippen molar-refractivity contribution in [3.63, 3.8) is 0 Å². The zero-order valence-corrected chi connectivity index (χ0v) is 25.0. The van der Waals surface area contributed by atoms with Crippen molar-refractivity contribution < 1.29 is 19.0 Å². The molecule has 1 aliphatic rings. The Morgan fingerprint density at radius 2 is 1.82 bits per heavy atom. The molecule has 2 aromatic carbocycles. The fourth-order valence-corrected chi connectivity index (χ4v) is 5.87. The van der Waals surface area contributed by atoms with Gasteiger partial charge in [0.1, 0.15) is 11.5 Å². The van der Waals surface area contributed by atoms with Gasteiger partial charge >= 0.3 is 5.97 Å². The van der Waals surface area contributed by atoms with Gasteiger partial charge in [-0.15, -0.1) is 0 Å². The van der Waals surface area contributed by atoms with Crippen LogP contribution in [0.3, 0.4) is 0 Å². The maximum atomic E-state index is 14.0. The molecule has 4 rings (SSSR count). The Bertz CT molecular complexity index is 1580. The Labute approximate surface area is 238 Å². The zero-order valence-electron chi connectivity index (χ0n) is 24.2. The van der Waals surface area contributed by atoms with E-state index >= 15 is 0 Å². The second-order valence-corrected chi connectivity index (χ2v) is 10.6. The summed E-state index contributed by atoms with van der Waals surface area (Å²) in [4.78, 5) is 34.7. The number of rotatable bonds is 10. The second-order valence-electron chi connectivity index (χ2n) is 9.64. The third-order valence-electron chi connectivity index (χ3n) is 6.72. The van der Waals surface area contributed by atoms with E-state index in [4.69, 9.17) is 14.2 Å². The summed E-state index contributed by atoms with van der Waals surface area (Å²) in [5, 5.41) is 0. The minimum atomic E-state index is -0.688. The van der Waals surface area contributed by atoms with E-state index in [2.05, 4.69) is 23.7 Å². The molecule has 212 valence electrons. The van der Waals surface area contributed by atoms with Gasteiger partial charge in [0.2, 0.25) is 0 Å². The number of allylic oxidation sites excluding steroid dienone is 1. The first kappa shape index (κ1) is 29.1. The monoisotopic (exact) mass is 563 g/mol. The average molecular weight is 564 g/mol. The van der Waals surface area contributed by atoms with Gasteiger partial charge in [0.25, 0.3) is 5.56 Å². The fourth-order valence-electron chi connectivity index (χ4n) is 4.83. The van der Waals surface area contributed by atoms with Crippen LogP contribution in [0, 0.1) is 0 Å². The maximum absolute atomic E-state index is 14.0. The number of hydrogen-bond acceptors (Lipinski definition) is 8. The highest BCUT2D eigenvalue weighted by Crippen LogP contribution is 2.32. The predicted octanol–water partition coefficient (Wildman–Crippen LogP) is 4.44. The van der Waals surface area contributed by atoms with E-state index in [9.17, 15) is 9.59 Å². The topological polar surface area (TPSA) is 82.4 Å². The van der Waals surface area contributed by atoms with E-state index in [1.165, 1.54) is 11.3 Å². The first-order valence-corrected chi connectivity index (χ1v) is 14.4. The number of thiazole rings is 1. The quantitative estimate of drug-likeness (QED) is 0.339. The Hall–Kier alpha value is -3.85. The maximum Gasteiger partial charge on any atom is 0.338 e. The van der Waals surface area contributed by atoms with Crippen LogP contribution in [-0.4, -0.2) is 43.4 Å². The van der Waals surface area contributed by atoms with Crippen molar-refractivity contribution in [3.8, 4) is 11.5 Å². The molecule has 0 N–H and O–H groups in total. The predicted molar refractivity (Wildman–Crippen MR) is 159 cm³/mol. The smallest absolute Gasteiger partial charge is 0.338 e. The van der Waals surface area contributed by atoms with Crippen LogP contribution in [0.15, 0.2) is 63.5 Å². The number of ether oxygens (including phenoxy) is 3. The standard InChI is InChI=1S/C31H37N3O5S/c1-8-33(9-2)23-14-11-22(25(18-23)37-7)17-26-29(35)34-28(21-12-15-24(16-13-21)38-10-3)27(30(36)39-19(4)5)20(6)32-31(34)40-26/h11-19,28H,8-10H2,1-7H3/b26-17+/t28-/m0/s1.